The van der Waals surface area contributed by atoms with Crippen LogP contribution in [0.25, 0.3) is 0 Å². The average Bonchev–Trinajstić information content (AvgIpc) is 2.99. The summed E-state index contributed by atoms with van der Waals surface area (Å²) >= 11 is 0. The van der Waals surface area contributed by atoms with Gasteiger partial charge < -0.3 is 34.2 Å². The monoisotopic (exact) mass is 562 g/mol. The van der Waals surface area contributed by atoms with Gasteiger partial charge in [-0.05, 0) is 12.8 Å². The molecule has 0 amide bonds. The molecule has 3 rings (SSSR count). The average molecular weight is 562 g/mol. The molecule has 2 heterocycles. The van der Waals surface area contributed by atoms with Crippen molar-refractivity contribution in [3.63, 3.8) is 0 Å². The van der Waals surface area contributed by atoms with Crippen LogP contribution in [-0.2, 0) is 31.6 Å². The van der Waals surface area contributed by atoms with Gasteiger partial charge in [-0.2, -0.15) is 0 Å². The number of aliphatic hydroxyl groups excluding tert-OH is 2. The quantitative estimate of drug-likeness (QED) is 0.215. The van der Waals surface area contributed by atoms with Gasteiger partial charge in [-0.15, -0.1) is 0 Å². The fraction of sp³-hybridized carbons (Fsp3) is 0.733. The third-order valence-corrected chi connectivity index (χ3v) is 9.62. The van der Waals surface area contributed by atoms with Gasteiger partial charge in [-0.1, -0.05) is 19.3 Å². The third kappa shape index (κ3) is 7.98. The van der Waals surface area contributed by atoms with E-state index in [0.717, 1.165) is 18.7 Å². The zero-order valence-electron chi connectivity index (χ0n) is 17.9. The first-order chi connectivity index (χ1) is 16.2. The van der Waals surface area contributed by atoms with Crippen LogP contribution in [0.4, 0.5) is 0 Å². The minimum absolute atomic E-state index is 0.449. The Hall–Kier alpha value is -1.03. The lowest BCUT2D eigenvalue weighted by Gasteiger charge is -2.37. The zero-order chi connectivity index (χ0) is 26.0. The molecule has 20 heteroatoms. The van der Waals surface area contributed by atoms with Gasteiger partial charge in [-0.25, -0.2) is 9.11 Å². The second-order valence-electron chi connectivity index (χ2n) is 7.88. The fourth-order valence-electron chi connectivity index (χ4n) is 3.66. The van der Waals surface area contributed by atoms with Gasteiger partial charge in [0, 0.05) is 18.3 Å². The van der Waals surface area contributed by atoms with Gasteiger partial charge in [0.2, 0.25) is 7.75 Å². The van der Waals surface area contributed by atoms with Crippen molar-refractivity contribution < 1.29 is 56.5 Å². The number of hydrogen-bond donors (Lipinski definition) is 4. The molecule has 35 heavy (non-hydrogen) atoms. The Balaban J connectivity index is 1.57. The molecule has 1 aliphatic carbocycles. The molecule has 1 aliphatic heterocycles. The van der Waals surface area contributed by atoms with E-state index < -0.39 is 71.8 Å². The van der Waals surface area contributed by atoms with E-state index >= 15 is 0 Å². The highest BCUT2D eigenvalue weighted by molar-refractivity contribution is 7.66. The summed E-state index contributed by atoms with van der Waals surface area (Å²) in [6.07, 6.45) is -2.56. The van der Waals surface area contributed by atoms with E-state index in [-0.39, 0.29) is 0 Å². The first-order valence-electron chi connectivity index (χ1n) is 10.3. The van der Waals surface area contributed by atoms with E-state index in [1.54, 1.807) is 0 Å². The molecular formula is C15H23N3O14P3-3. The van der Waals surface area contributed by atoms with Crippen molar-refractivity contribution in [3.05, 3.63) is 33.1 Å². The van der Waals surface area contributed by atoms with Crippen LogP contribution in [0.5, 0.6) is 0 Å². The number of H-pyrrole nitrogens is 1. The fourth-order valence-corrected chi connectivity index (χ4v) is 7.49. The number of ether oxygens (including phenoxy) is 1. The van der Waals surface area contributed by atoms with Crippen molar-refractivity contribution in [2.24, 2.45) is 0 Å². The predicted molar refractivity (Wildman–Crippen MR) is 108 cm³/mol. The van der Waals surface area contributed by atoms with Crippen molar-refractivity contribution in [1.29, 1.82) is 0 Å². The first kappa shape index (κ1) is 28.5. The molecule has 0 spiro atoms. The van der Waals surface area contributed by atoms with E-state index in [1.165, 1.54) is 0 Å². The third-order valence-electron chi connectivity index (χ3n) is 5.21. The van der Waals surface area contributed by atoms with Crippen LogP contribution in [-0.4, -0.2) is 50.7 Å². The molecule has 1 aromatic heterocycles. The van der Waals surface area contributed by atoms with Crippen molar-refractivity contribution in [3.8, 4) is 0 Å². The summed E-state index contributed by atoms with van der Waals surface area (Å²) < 4.78 is 53.6. The molecule has 0 aromatic carbocycles. The molecule has 2 aliphatic rings. The summed E-state index contributed by atoms with van der Waals surface area (Å²) in [6.45, 7) is -1.09. The molecule has 0 radical (unpaired) electrons. The number of phosphoric acid groups is 2. The number of aliphatic hydroxyl groups is 2. The van der Waals surface area contributed by atoms with Crippen LogP contribution < -0.4 is 31.0 Å². The topological polar surface area (TPSA) is 265 Å². The van der Waals surface area contributed by atoms with Crippen LogP contribution in [0.15, 0.2) is 21.9 Å². The summed E-state index contributed by atoms with van der Waals surface area (Å²) in [4.78, 5) is 60.6. The minimum atomic E-state index is -5.98. The zero-order valence-corrected chi connectivity index (χ0v) is 20.5. The maximum Gasteiger partial charge on any atom is 0.330 e. The molecule has 2 fully saturated rings. The van der Waals surface area contributed by atoms with Crippen molar-refractivity contribution in [2.45, 2.75) is 62.7 Å². The van der Waals surface area contributed by atoms with Crippen LogP contribution in [0.1, 0.15) is 38.3 Å². The number of nitrogens with one attached hydrogen (secondary N) is 2. The Morgan fingerprint density at radius 3 is 2.34 bits per heavy atom. The standard InChI is InChI=1S/C15H26N3O14P3/c19-11-6-7-18(15(22)16-11)14-13(21)12(20)10(30-14)8-29-34(25,26)32-35(27,28)31-33(23,24)17-9-4-2-1-3-5-9/h6-7,9-10,12-14,20-21H,1-5,8H2,(H,25,26)(H,27,28)(H,16,19,22)(H2,17,23,24)/p-3/t10-,12?,13+,14-/m1/s1. The van der Waals surface area contributed by atoms with E-state index in [2.05, 4.69) is 13.1 Å². The van der Waals surface area contributed by atoms with Crippen molar-refractivity contribution in [1.82, 2.24) is 14.6 Å². The number of phosphoric ester groups is 1. The molecule has 200 valence electrons. The second kappa shape index (κ2) is 11.2. The highest BCUT2D eigenvalue weighted by Gasteiger charge is 2.44. The summed E-state index contributed by atoms with van der Waals surface area (Å²) in [5.41, 5.74) is -1.74. The Labute approximate surface area is 197 Å². The SMILES string of the molecule is O=c1ccn([C@@H]2O[C@H](COP(=O)([O-])OP(=O)([O-])OP(=O)([O-])NC3CCCCC3)C(O)[C@@H]2O)c(=O)[nH]1. The highest BCUT2D eigenvalue weighted by Crippen LogP contribution is 2.61. The lowest BCUT2D eigenvalue weighted by molar-refractivity contribution is -0.246. The maximum atomic E-state index is 11.9. The Kier molecular flexibility index (Phi) is 9.09. The van der Waals surface area contributed by atoms with E-state index in [9.17, 15) is 48.2 Å². The van der Waals surface area contributed by atoms with Gasteiger partial charge in [0.1, 0.15) is 18.3 Å². The van der Waals surface area contributed by atoms with Crippen LogP contribution in [0, 0.1) is 0 Å². The molecule has 4 N–H and O–H groups in total. The first-order valence-corrected chi connectivity index (χ1v) is 14.8. The lowest BCUT2D eigenvalue weighted by Crippen LogP contribution is -2.37. The summed E-state index contributed by atoms with van der Waals surface area (Å²) in [5, 5.41) is 22.2. The number of aromatic amines is 1. The lowest BCUT2D eigenvalue weighted by atomic mass is 9.96. The summed E-state index contributed by atoms with van der Waals surface area (Å²) in [5.74, 6) is 0. The molecule has 1 saturated carbocycles. The second-order valence-corrected chi connectivity index (χ2v) is 12.5. The predicted octanol–water partition coefficient (Wildman–Crippen LogP) is -2.47. The molecular weight excluding hydrogens is 539 g/mol. The van der Waals surface area contributed by atoms with Crippen LogP contribution >= 0.6 is 23.4 Å². The van der Waals surface area contributed by atoms with Gasteiger partial charge in [0.05, 0.1) is 6.61 Å². The van der Waals surface area contributed by atoms with E-state index in [1.807, 2.05) is 10.1 Å². The van der Waals surface area contributed by atoms with Crippen LogP contribution in [0.3, 0.4) is 0 Å². The van der Waals surface area contributed by atoms with Gasteiger partial charge in [0.25, 0.3) is 21.2 Å². The van der Waals surface area contributed by atoms with Crippen molar-refractivity contribution in [2.75, 3.05) is 6.61 Å². The molecule has 4 unspecified atom stereocenters. The van der Waals surface area contributed by atoms with Gasteiger partial charge >= 0.3 is 5.69 Å². The van der Waals surface area contributed by atoms with Gasteiger partial charge in [0.15, 0.2) is 6.23 Å². The summed E-state index contributed by atoms with van der Waals surface area (Å²) in [7, 11) is -17.0. The number of aromatic nitrogens is 2. The molecule has 1 saturated heterocycles. The molecule has 7 atom stereocenters. The largest absolute Gasteiger partial charge is 0.766 e. The Morgan fingerprint density at radius 1 is 1.06 bits per heavy atom. The molecule has 0 bridgehead atoms. The van der Waals surface area contributed by atoms with Crippen molar-refractivity contribution >= 4 is 23.4 Å². The van der Waals surface area contributed by atoms with Gasteiger partial charge in [-0.3, -0.25) is 37.4 Å². The normalized spacial score (nSPS) is 30.9. The number of rotatable bonds is 10. The molecule has 17 nitrogen and oxygen atoms in total. The summed E-state index contributed by atoms with van der Waals surface area (Å²) in [6, 6.07) is 0.356. The Bertz CT molecular complexity index is 1150. The smallest absolute Gasteiger partial charge is 0.330 e. The van der Waals surface area contributed by atoms with E-state index in [0.29, 0.717) is 30.3 Å². The van der Waals surface area contributed by atoms with E-state index in [4.69, 9.17) is 4.74 Å². The molecule has 1 aromatic rings. The highest BCUT2D eigenvalue weighted by atomic mass is 31.3. The minimum Gasteiger partial charge on any atom is -0.766 e. The number of nitrogens with zero attached hydrogens (tertiary/aromatic N) is 1. The van der Waals surface area contributed by atoms with Crippen LogP contribution in [0.2, 0.25) is 0 Å². The number of hydrogen-bond acceptors (Lipinski definition) is 14. The Morgan fingerprint density at radius 2 is 1.71 bits per heavy atom. The maximum absolute atomic E-state index is 11.9.